The fourth-order valence-electron chi connectivity index (χ4n) is 18.0. The number of rotatable bonds is 11. The number of amides is 4. The van der Waals surface area contributed by atoms with Crippen LogP contribution in [0.3, 0.4) is 0 Å². The molecule has 8 saturated carbocycles. The van der Waals surface area contributed by atoms with E-state index in [1.807, 2.05) is 50.2 Å². The maximum Gasteiger partial charge on any atom is 0.417 e. The van der Waals surface area contributed by atoms with E-state index in [0.29, 0.717) is 67.4 Å². The minimum Gasteiger partial charge on any atom is -0.443 e. The van der Waals surface area contributed by atoms with E-state index in [1.165, 1.54) is 79.6 Å². The number of halogens is 1. The maximum atomic E-state index is 13.2. The van der Waals surface area contributed by atoms with Crippen LogP contribution in [0.2, 0.25) is 0 Å². The molecule has 16 nitrogen and oxygen atoms in total. The number of aliphatic imine (C=N–C) groups is 1. The van der Waals surface area contributed by atoms with Gasteiger partial charge in [0.15, 0.2) is 0 Å². The van der Waals surface area contributed by atoms with Gasteiger partial charge in [-0.25, -0.2) is 19.4 Å². The van der Waals surface area contributed by atoms with E-state index < -0.39 is 29.3 Å². The molecule has 17 heteroatoms. The maximum absolute atomic E-state index is 13.2. The summed E-state index contributed by atoms with van der Waals surface area (Å²) in [6.45, 7) is 23.7. The molecule has 4 aliphatic heterocycles. The summed E-state index contributed by atoms with van der Waals surface area (Å²) in [5, 5.41) is 22.3. The van der Waals surface area contributed by atoms with Crippen LogP contribution in [0.25, 0.3) is 0 Å². The molecular weight excluding hydrogens is 1220 g/mol. The lowest BCUT2D eigenvalue weighted by Gasteiger charge is -2.58. The van der Waals surface area contributed by atoms with Gasteiger partial charge in [0.2, 0.25) is 17.1 Å². The van der Waals surface area contributed by atoms with Gasteiger partial charge in [0.05, 0.1) is 43.5 Å². The Kier molecular flexibility index (Phi) is 23.5. The van der Waals surface area contributed by atoms with Gasteiger partial charge < -0.3 is 34.5 Å². The van der Waals surface area contributed by atoms with Crippen LogP contribution in [-0.4, -0.2) is 129 Å². The van der Waals surface area contributed by atoms with Crippen LogP contribution >= 0.6 is 11.6 Å². The zero-order valence-corrected chi connectivity index (χ0v) is 59.8. The molecule has 0 radical (unpaired) electrons. The molecule has 4 amide bonds. The summed E-state index contributed by atoms with van der Waals surface area (Å²) in [4.78, 5) is 79.9. The number of benzene rings is 2. The lowest BCUT2D eigenvalue weighted by atomic mass is 9.49. The van der Waals surface area contributed by atoms with Crippen molar-refractivity contribution < 1.29 is 57.9 Å². The number of nitrogens with one attached hydrogen (secondary N) is 1. The Labute approximate surface area is 572 Å². The summed E-state index contributed by atoms with van der Waals surface area (Å²) in [6.07, 6.45) is 24.2. The summed E-state index contributed by atoms with van der Waals surface area (Å²) < 4.78 is 22.4. The molecule has 14 rings (SSSR count). The van der Waals surface area contributed by atoms with Gasteiger partial charge in [-0.3, -0.25) is 24.2 Å². The molecule has 0 aromatic heterocycles. The Morgan fingerprint density at radius 3 is 1.51 bits per heavy atom. The van der Waals surface area contributed by atoms with E-state index in [-0.39, 0.29) is 64.3 Å². The highest BCUT2D eigenvalue weighted by molar-refractivity contribution is 6.64. The lowest BCUT2D eigenvalue weighted by molar-refractivity contribution is -0.165. The molecule has 0 bridgehead atoms. The summed E-state index contributed by atoms with van der Waals surface area (Å²) in [5.41, 5.74) is 4.41. The molecule has 4 spiro atoms. The molecule has 12 aliphatic rings. The lowest BCUT2D eigenvalue weighted by Crippen LogP contribution is -2.56. The number of carbonyl (C=O) groups is 6. The number of ketones is 1. The number of aliphatic hydroxyl groups excluding tert-OH is 2. The van der Waals surface area contributed by atoms with Crippen molar-refractivity contribution in [3.63, 3.8) is 0 Å². The molecule has 3 N–H and O–H groups in total. The fraction of sp³-hybridized carbons (Fsp3) is 0.756. The van der Waals surface area contributed by atoms with E-state index in [4.69, 9.17) is 35.5 Å². The summed E-state index contributed by atoms with van der Waals surface area (Å²) in [6, 6.07) is 21.2. The first-order chi connectivity index (χ1) is 44.8. The Balaban J connectivity index is 0.000000135. The second-order valence-electron chi connectivity index (χ2n) is 34.6. The average molecular weight is 1340 g/mol. The largest absolute Gasteiger partial charge is 0.443 e. The van der Waals surface area contributed by atoms with E-state index in [2.05, 4.69) is 43.4 Å². The first-order valence-corrected chi connectivity index (χ1v) is 37.0. The summed E-state index contributed by atoms with van der Waals surface area (Å²) >= 11 is 5.50. The van der Waals surface area contributed by atoms with Crippen LogP contribution in [0, 0.1) is 74.9 Å². The quantitative estimate of drug-likeness (QED) is 0.141. The smallest absolute Gasteiger partial charge is 0.417 e. The number of nitrogens with zero attached hydrogens (tertiary/aromatic N) is 3. The molecule has 11 fully saturated rings. The zero-order chi connectivity index (χ0) is 68.3. The van der Waals surface area contributed by atoms with E-state index in [9.17, 15) is 39.0 Å². The second kappa shape index (κ2) is 30.5. The third-order valence-electron chi connectivity index (χ3n) is 23.3. The predicted molar refractivity (Wildman–Crippen MR) is 368 cm³/mol. The highest BCUT2D eigenvalue weighted by Crippen LogP contribution is 2.63. The van der Waals surface area contributed by atoms with E-state index >= 15 is 0 Å². The second-order valence-corrected chi connectivity index (χ2v) is 35.0. The summed E-state index contributed by atoms with van der Waals surface area (Å²) in [5.74, 6) is 2.64. The van der Waals surface area contributed by atoms with E-state index in [0.717, 1.165) is 125 Å². The zero-order valence-electron chi connectivity index (χ0n) is 59.1. The Morgan fingerprint density at radius 2 is 1.04 bits per heavy atom. The molecule has 4 unspecified atom stereocenters. The van der Waals surface area contributed by atoms with E-state index in [1.54, 1.807) is 41.5 Å². The van der Waals surface area contributed by atoms with Crippen molar-refractivity contribution in [3.8, 4) is 0 Å². The topological polar surface area (TPSA) is 211 Å². The molecule has 2 aromatic carbocycles. The van der Waals surface area contributed by atoms with Crippen molar-refractivity contribution in [3.05, 3.63) is 71.8 Å². The molecule has 95 heavy (non-hydrogen) atoms. The Morgan fingerprint density at radius 1 is 0.568 bits per heavy atom. The fourth-order valence-corrected chi connectivity index (χ4v) is 18.2. The molecule has 6 atom stereocenters. The number of aliphatic hydroxyl groups is 2. The highest BCUT2D eigenvalue weighted by Gasteiger charge is 2.59. The normalized spacial score (nSPS) is 37.3. The Bertz CT molecular complexity index is 2950. The number of Topliss-reactive ketones (excluding diaryl/α,β-unsaturated/α-hetero) is 1. The van der Waals surface area contributed by atoms with Crippen molar-refractivity contribution >= 4 is 52.3 Å². The van der Waals surface area contributed by atoms with Crippen molar-refractivity contribution in [2.75, 3.05) is 26.2 Å². The third kappa shape index (κ3) is 19.2. The van der Waals surface area contributed by atoms with Crippen molar-refractivity contribution in [1.29, 1.82) is 0 Å². The van der Waals surface area contributed by atoms with Crippen LogP contribution in [0.4, 0.5) is 9.59 Å². The molecule has 526 valence electrons. The molecular formula is C78H115ClN4O12. The number of imide groups is 2. The van der Waals surface area contributed by atoms with Gasteiger partial charge in [-0.1, -0.05) is 88.4 Å². The molecule has 2 aromatic rings. The minimum atomic E-state index is -0.723. The predicted octanol–water partition coefficient (Wildman–Crippen LogP) is 14.8. The van der Waals surface area contributed by atoms with Crippen LogP contribution in [0.1, 0.15) is 228 Å². The Hall–Kier alpha value is -4.58. The third-order valence-corrected chi connectivity index (χ3v) is 23.6. The van der Waals surface area contributed by atoms with Gasteiger partial charge in [-0.05, 0) is 269 Å². The van der Waals surface area contributed by atoms with Crippen LogP contribution in [0.5, 0.6) is 0 Å². The van der Waals surface area contributed by atoms with Crippen molar-refractivity contribution in [1.82, 2.24) is 15.1 Å². The monoisotopic (exact) mass is 1330 g/mol. The SMILES string of the molecule is CC1CC(C(=O)C2CC3(CC(OCc4ccccc4)C3)C2)C(=O)N(C(=O)OC(C)(C)C)C1.CC1CCC(=O)N(C(=O)OC(C)(C)C)C1.CC1CCC(C2CC3(CC(O)C3)C2)=NC1.C[C@@H]1CC[C@@H](C2CC3(CC(O)C3)C2)NC1.O=C(Cl)C1CC2(CC(OCc3ccccc3)C2)C1. The van der Waals surface area contributed by atoms with Gasteiger partial charge in [-0.15, -0.1) is 0 Å². The first-order valence-electron chi connectivity index (χ1n) is 36.6. The van der Waals surface area contributed by atoms with Gasteiger partial charge in [0, 0.05) is 49.6 Å². The van der Waals surface area contributed by atoms with Crippen LogP contribution in [0.15, 0.2) is 65.7 Å². The number of hydrogen-bond donors (Lipinski definition) is 3. The van der Waals surface area contributed by atoms with Gasteiger partial charge >= 0.3 is 12.2 Å². The number of piperidine rings is 3. The van der Waals surface area contributed by atoms with Gasteiger partial charge in [-0.2, -0.15) is 0 Å². The average Bonchev–Trinajstić information content (AvgIpc) is 0.757. The summed E-state index contributed by atoms with van der Waals surface area (Å²) in [7, 11) is 0. The number of carbonyl (C=O) groups excluding carboxylic acids is 6. The van der Waals surface area contributed by atoms with Crippen LogP contribution < -0.4 is 5.32 Å². The minimum absolute atomic E-state index is 0.00869. The van der Waals surface area contributed by atoms with Crippen molar-refractivity contribution in [2.45, 2.75) is 272 Å². The molecule has 3 saturated heterocycles. The number of likely N-dealkylation sites (tertiary alicyclic amines) is 2. The first kappa shape index (κ1) is 73.1. The standard InChI is InChI=1S/C26H35NO5.C15H17ClO2.C13H23NO.C13H21NO.C11H19NO3/c1-17-10-21(23(29)27(15-17)24(30)32-25(2,3)4)22(28)19-11-26(12-19)13-20(14-26)31-16-18-8-6-5-7-9-18;16-14(17)12-6-15(7-12)8-13(9-15)18-10-11-4-2-1-3-5-11;2*1-9-2-3-12(14-8-9)10-4-13(5-10)6-11(15)7-13;1-8-5-6-9(13)12(7-8)10(14)15-11(2,3)4/h5-9,17,19-21H,10-16H2,1-4H3;1-5,12-13H,6-10H2;9-12,14-15H,2-8H2,1H3;9-11,15H,2-8H2,1H3;8H,5-7H2,1-4H3/t;;9-,10?,11?,12+,13?;;/m..1../s1. The van der Waals surface area contributed by atoms with Gasteiger partial charge in [0.1, 0.15) is 17.0 Å². The molecule has 8 aliphatic carbocycles. The molecule has 4 heterocycles. The highest BCUT2D eigenvalue weighted by atomic mass is 35.5. The number of ether oxygens (including phenoxy) is 4. The van der Waals surface area contributed by atoms with Gasteiger partial charge in [0.25, 0.3) is 0 Å². The van der Waals surface area contributed by atoms with Crippen LogP contribution in [-0.2, 0) is 51.3 Å². The van der Waals surface area contributed by atoms with Crippen molar-refractivity contribution in [2.24, 2.45) is 79.9 Å². The number of hydrogen-bond acceptors (Lipinski definition) is 14.